The molecular weight excluding hydrogens is 502 g/mol. The van der Waals surface area contributed by atoms with E-state index in [0.717, 1.165) is 22.3 Å². The third kappa shape index (κ3) is 6.13. The summed E-state index contributed by atoms with van der Waals surface area (Å²) in [7, 11) is 0. The molecule has 5 rings (SSSR count). The van der Waals surface area contributed by atoms with Crippen molar-refractivity contribution in [1.82, 2.24) is 15.4 Å². The van der Waals surface area contributed by atoms with E-state index in [9.17, 15) is 14.7 Å². The third-order valence-corrected chi connectivity index (χ3v) is 6.32. The number of aliphatic carboxylic acids is 1. The summed E-state index contributed by atoms with van der Waals surface area (Å²) >= 11 is 0. The van der Waals surface area contributed by atoms with Crippen LogP contribution in [0.3, 0.4) is 0 Å². The predicted molar refractivity (Wildman–Crippen MR) is 154 cm³/mol. The quantitative estimate of drug-likeness (QED) is 0.107. The lowest BCUT2D eigenvalue weighted by atomic mass is 10.0. The molecule has 40 heavy (non-hydrogen) atoms. The molecule has 1 atom stereocenters. The van der Waals surface area contributed by atoms with E-state index < -0.39 is 17.9 Å². The first-order chi connectivity index (χ1) is 19.5. The number of aromatic nitrogens is 2. The molecule has 2 aromatic heterocycles. The smallest absolute Gasteiger partial charge is 0.326 e. The van der Waals surface area contributed by atoms with Crippen LogP contribution in [0, 0.1) is 11.8 Å². The number of hydrazine groups is 1. The number of hydrogen-bond donors (Lipinski definition) is 4. The molecule has 0 radical (unpaired) electrons. The van der Waals surface area contributed by atoms with E-state index in [4.69, 9.17) is 5.84 Å². The van der Waals surface area contributed by atoms with Gasteiger partial charge in [0.15, 0.2) is 0 Å². The number of carbonyl (C=O) groups is 2. The maximum atomic E-state index is 12.3. The van der Waals surface area contributed by atoms with Crippen LogP contribution in [0.4, 0.5) is 5.69 Å². The summed E-state index contributed by atoms with van der Waals surface area (Å²) in [4.78, 5) is 32.8. The highest BCUT2D eigenvalue weighted by Gasteiger charge is 2.17. The second-order valence-corrected chi connectivity index (χ2v) is 9.05. The van der Waals surface area contributed by atoms with Gasteiger partial charge in [0.2, 0.25) is 0 Å². The Morgan fingerprint density at radius 1 is 0.900 bits per heavy atom. The molecule has 0 aliphatic rings. The zero-order chi connectivity index (χ0) is 27.9. The Morgan fingerprint density at radius 3 is 2.23 bits per heavy atom. The van der Waals surface area contributed by atoms with Crippen molar-refractivity contribution in [2.45, 2.75) is 12.5 Å². The number of carbonyl (C=O) groups excluding carboxylic acids is 1. The number of hydrogen-bond acceptors (Lipinski definition) is 6. The normalized spacial score (nSPS) is 11.2. The van der Waals surface area contributed by atoms with Gasteiger partial charge in [-0.1, -0.05) is 54.3 Å². The Kier molecular flexibility index (Phi) is 7.77. The predicted octanol–water partition coefficient (Wildman–Crippen LogP) is 4.41. The number of carboxylic acids is 1. The highest BCUT2D eigenvalue weighted by molar-refractivity contribution is 6.06. The number of anilines is 1. The molecule has 0 saturated carbocycles. The lowest BCUT2D eigenvalue weighted by Crippen LogP contribution is -2.31. The molecule has 0 aliphatic heterocycles. The fourth-order valence-corrected chi connectivity index (χ4v) is 4.25. The maximum absolute atomic E-state index is 12.3. The first-order valence-electron chi connectivity index (χ1n) is 12.5. The van der Waals surface area contributed by atoms with Crippen LogP contribution >= 0.6 is 0 Å². The van der Waals surface area contributed by atoms with Gasteiger partial charge < -0.3 is 10.4 Å². The zero-order valence-electron chi connectivity index (χ0n) is 21.3. The Bertz CT molecular complexity index is 1730. The minimum Gasteiger partial charge on any atom is -0.480 e. The highest BCUT2D eigenvalue weighted by atomic mass is 16.4. The number of nitrogens with one attached hydrogen (secondary N) is 2. The molecule has 5 N–H and O–H groups in total. The van der Waals surface area contributed by atoms with Crippen molar-refractivity contribution in [2.24, 2.45) is 5.84 Å². The molecule has 1 unspecified atom stereocenters. The van der Waals surface area contributed by atoms with Crippen LogP contribution in [0.2, 0.25) is 0 Å². The molecule has 8 heteroatoms. The van der Waals surface area contributed by atoms with E-state index in [2.05, 4.69) is 32.6 Å². The van der Waals surface area contributed by atoms with E-state index in [-0.39, 0.29) is 0 Å². The van der Waals surface area contributed by atoms with Gasteiger partial charge >= 0.3 is 5.97 Å². The van der Waals surface area contributed by atoms with Gasteiger partial charge in [-0.05, 0) is 54.1 Å². The van der Waals surface area contributed by atoms with Crippen molar-refractivity contribution in [3.8, 4) is 23.1 Å². The zero-order valence-corrected chi connectivity index (χ0v) is 21.3. The summed E-state index contributed by atoms with van der Waals surface area (Å²) < 4.78 is 0. The lowest BCUT2D eigenvalue weighted by molar-refractivity contribution is -0.137. The van der Waals surface area contributed by atoms with Crippen molar-refractivity contribution < 1.29 is 14.7 Å². The second kappa shape index (κ2) is 11.9. The molecule has 2 heterocycles. The van der Waals surface area contributed by atoms with Gasteiger partial charge in [0, 0.05) is 46.6 Å². The Hall–Kier alpha value is -5.52. The summed E-state index contributed by atoms with van der Waals surface area (Å²) in [5.74, 6) is 10.3. The number of amides is 1. The number of nitrogens with zero attached hydrogens (tertiary/aromatic N) is 2. The standard InChI is InChI=1S/C32H25N5O3/c33-37-31(38)26-19-29(36-28-16-17-34-20-27(26)28)24-12-8-21(9-13-24)6-7-22-10-14-25(15-11-22)35-30(32(39)40)18-23-4-2-1-3-5-23/h1-5,8-17,19-20,30,35H,18,33H2,(H,37,38)(H,39,40). The number of fused-ring (bicyclic) bond motifs is 1. The van der Waals surface area contributed by atoms with Crippen LogP contribution in [-0.4, -0.2) is 33.0 Å². The van der Waals surface area contributed by atoms with Gasteiger partial charge in [-0.2, -0.15) is 0 Å². The van der Waals surface area contributed by atoms with E-state index in [1.807, 2.05) is 78.9 Å². The van der Waals surface area contributed by atoms with E-state index in [1.54, 1.807) is 24.5 Å². The van der Waals surface area contributed by atoms with Crippen LogP contribution in [-0.2, 0) is 11.2 Å². The Balaban J connectivity index is 1.29. The Labute approximate surface area is 230 Å². The molecule has 0 saturated heterocycles. The molecule has 5 aromatic rings. The van der Waals surface area contributed by atoms with Gasteiger partial charge in [-0.15, -0.1) is 0 Å². The summed E-state index contributed by atoms with van der Waals surface area (Å²) in [6, 6.07) is 27.1. The molecule has 0 bridgehead atoms. The topological polar surface area (TPSA) is 130 Å². The van der Waals surface area contributed by atoms with Crippen molar-refractivity contribution in [2.75, 3.05) is 5.32 Å². The fourth-order valence-electron chi connectivity index (χ4n) is 4.25. The van der Waals surface area contributed by atoms with E-state index in [0.29, 0.717) is 34.3 Å². The fraction of sp³-hybridized carbons (Fsp3) is 0.0625. The monoisotopic (exact) mass is 527 g/mol. The van der Waals surface area contributed by atoms with Gasteiger partial charge in [0.05, 0.1) is 16.8 Å². The number of benzene rings is 3. The average Bonchev–Trinajstić information content (AvgIpc) is 3.00. The van der Waals surface area contributed by atoms with E-state index >= 15 is 0 Å². The summed E-state index contributed by atoms with van der Waals surface area (Å²) in [6.45, 7) is 0. The molecular formula is C32H25N5O3. The number of carboxylic acid groups (broad SMARTS) is 1. The molecule has 0 fully saturated rings. The molecule has 8 nitrogen and oxygen atoms in total. The molecule has 1 amide bonds. The van der Waals surface area contributed by atoms with Crippen molar-refractivity contribution in [1.29, 1.82) is 0 Å². The largest absolute Gasteiger partial charge is 0.480 e. The summed E-state index contributed by atoms with van der Waals surface area (Å²) in [5, 5.41) is 13.3. The summed E-state index contributed by atoms with van der Waals surface area (Å²) in [6.07, 6.45) is 3.59. The van der Waals surface area contributed by atoms with E-state index in [1.165, 1.54) is 0 Å². The Morgan fingerprint density at radius 2 is 1.57 bits per heavy atom. The number of pyridine rings is 2. The maximum Gasteiger partial charge on any atom is 0.326 e. The van der Waals surface area contributed by atoms with Crippen molar-refractivity contribution in [3.63, 3.8) is 0 Å². The van der Waals surface area contributed by atoms with Crippen LogP contribution in [0.25, 0.3) is 22.2 Å². The summed E-state index contributed by atoms with van der Waals surface area (Å²) in [5.41, 5.74) is 7.94. The highest BCUT2D eigenvalue weighted by Crippen LogP contribution is 2.24. The van der Waals surface area contributed by atoms with Crippen molar-refractivity contribution >= 4 is 28.5 Å². The first-order valence-corrected chi connectivity index (χ1v) is 12.5. The minimum atomic E-state index is -0.911. The SMILES string of the molecule is NNC(=O)c1cc(-c2ccc(C#Cc3ccc(NC(Cc4ccccc4)C(=O)O)cc3)cc2)nc2ccncc12. The average molecular weight is 528 g/mol. The van der Waals surface area contributed by atoms with Gasteiger partial charge in [-0.3, -0.25) is 15.2 Å². The van der Waals surface area contributed by atoms with Crippen LogP contribution in [0.5, 0.6) is 0 Å². The lowest BCUT2D eigenvalue weighted by Gasteiger charge is -2.16. The molecule has 3 aromatic carbocycles. The van der Waals surface area contributed by atoms with Crippen LogP contribution < -0.4 is 16.6 Å². The van der Waals surface area contributed by atoms with Gasteiger partial charge in [0.1, 0.15) is 6.04 Å². The number of rotatable bonds is 7. The van der Waals surface area contributed by atoms with Gasteiger partial charge in [0.25, 0.3) is 5.91 Å². The second-order valence-electron chi connectivity index (χ2n) is 9.05. The molecule has 0 spiro atoms. The third-order valence-electron chi connectivity index (χ3n) is 6.32. The van der Waals surface area contributed by atoms with Gasteiger partial charge in [-0.25, -0.2) is 15.6 Å². The van der Waals surface area contributed by atoms with Crippen LogP contribution in [0.1, 0.15) is 27.0 Å². The van der Waals surface area contributed by atoms with Crippen molar-refractivity contribution in [3.05, 3.63) is 126 Å². The number of nitrogen functional groups attached to an aromatic ring is 1. The first kappa shape index (κ1) is 26.1. The molecule has 196 valence electrons. The number of nitrogens with two attached hydrogens (primary N) is 1. The molecule has 0 aliphatic carbocycles. The van der Waals surface area contributed by atoms with Crippen LogP contribution in [0.15, 0.2) is 103 Å². The minimum absolute atomic E-state index is 0.376.